The summed E-state index contributed by atoms with van der Waals surface area (Å²) in [6, 6.07) is 7.67. The second-order valence-electron chi connectivity index (χ2n) is 3.54. The van der Waals surface area contributed by atoms with Gasteiger partial charge < -0.3 is 10.1 Å². The molecule has 0 atom stereocenters. The second kappa shape index (κ2) is 7.45. The molecule has 1 aromatic carbocycles. The third-order valence-electron chi connectivity index (χ3n) is 2.24. The lowest BCUT2D eigenvalue weighted by atomic mass is 10.1. The smallest absolute Gasteiger partial charge is 0.187 e. The lowest BCUT2D eigenvalue weighted by Gasteiger charge is -2.06. The molecule has 96 valence electrons. The Morgan fingerprint density at radius 2 is 2.11 bits per heavy atom. The monoisotopic (exact) mass is 263 g/mol. The maximum atomic E-state index is 5.10. The predicted molar refractivity (Wildman–Crippen MR) is 79.1 cm³/mol. The summed E-state index contributed by atoms with van der Waals surface area (Å²) >= 11 is 5.03. The first kappa shape index (κ1) is 14.2. The average Bonchev–Trinajstić information content (AvgIpc) is 2.42. The summed E-state index contributed by atoms with van der Waals surface area (Å²) in [4.78, 5) is 0. The quantitative estimate of drug-likeness (QED) is 0.369. The van der Waals surface area contributed by atoms with Crippen LogP contribution in [-0.2, 0) is 0 Å². The molecule has 0 saturated heterocycles. The first-order valence-corrected chi connectivity index (χ1v) is 5.91. The number of nitrogens with one attached hydrogen (secondary N) is 2. The Morgan fingerprint density at radius 1 is 1.44 bits per heavy atom. The van der Waals surface area contributed by atoms with Crippen LogP contribution in [-0.4, -0.2) is 24.5 Å². The lowest BCUT2D eigenvalue weighted by molar-refractivity contribution is 0.415. The van der Waals surface area contributed by atoms with Crippen molar-refractivity contribution >= 4 is 23.0 Å². The Morgan fingerprint density at radius 3 is 2.67 bits per heavy atom. The number of hydrogen-bond donors (Lipinski definition) is 2. The Kier molecular flexibility index (Phi) is 5.87. The summed E-state index contributed by atoms with van der Waals surface area (Å²) < 4.78 is 5.10. The normalized spacial score (nSPS) is 10.7. The van der Waals surface area contributed by atoms with E-state index in [-0.39, 0.29) is 0 Å². The van der Waals surface area contributed by atoms with E-state index in [1.165, 1.54) is 0 Å². The molecule has 0 aliphatic carbocycles. The van der Waals surface area contributed by atoms with Crippen LogP contribution in [0.15, 0.2) is 42.0 Å². The molecule has 0 aliphatic heterocycles. The van der Waals surface area contributed by atoms with Crippen LogP contribution in [0.25, 0.3) is 0 Å². The number of benzene rings is 1. The van der Waals surface area contributed by atoms with Gasteiger partial charge in [-0.05, 0) is 49.0 Å². The zero-order valence-corrected chi connectivity index (χ0v) is 11.4. The zero-order valence-electron chi connectivity index (χ0n) is 10.6. The highest BCUT2D eigenvalue weighted by molar-refractivity contribution is 7.80. The predicted octanol–water partition coefficient (Wildman–Crippen LogP) is 2.07. The van der Waals surface area contributed by atoms with Crippen molar-refractivity contribution in [1.29, 1.82) is 0 Å². The summed E-state index contributed by atoms with van der Waals surface area (Å²) in [5.74, 6) is 0.822. The van der Waals surface area contributed by atoms with Crippen molar-refractivity contribution in [3.63, 3.8) is 0 Å². The van der Waals surface area contributed by atoms with E-state index in [1.807, 2.05) is 31.2 Å². The number of rotatable bonds is 5. The van der Waals surface area contributed by atoms with E-state index < -0.39 is 0 Å². The van der Waals surface area contributed by atoms with Crippen LogP contribution in [0.4, 0.5) is 0 Å². The van der Waals surface area contributed by atoms with Crippen molar-refractivity contribution in [2.24, 2.45) is 5.10 Å². The molecule has 0 heterocycles. The van der Waals surface area contributed by atoms with Crippen molar-refractivity contribution in [2.75, 3.05) is 13.7 Å². The van der Waals surface area contributed by atoms with E-state index in [0.29, 0.717) is 11.7 Å². The molecule has 0 bridgehead atoms. The third kappa shape index (κ3) is 4.55. The Bertz CT molecular complexity index is 440. The van der Waals surface area contributed by atoms with Gasteiger partial charge in [0.1, 0.15) is 5.75 Å². The van der Waals surface area contributed by atoms with Crippen LogP contribution in [0.3, 0.4) is 0 Å². The van der Waals surface area contributed by atoms with Crippen LogP contribution in [0.1, 0.15) is 12.5 Å². The molecule has 2 N–H and O–H groups in total. The van der Waals surface area contributed by atoms with Crippen molar-refractivity contribution in [3.05, 3.63) is 42.5 Å². The number of methoxy groups -OCH3 is 1. The second-order valence-corrected chi connectivity index (χ2v) is 3.94. The molecule has 0 spiro atoms. The summed E-state index contributed by atoms with van der Waals surface area (Å²) in [6.07, 6.45) is 1.73. The number of hydrazone groups is 1. The molecule has 0 fully saturated rings. The van der Waals surface area contributed by atoms with Gasteiger partial charge in [-0.2, -0.15) is 5.10 Å². The summed E-state index contributed by atoms with van der Waals surface area (Å²) in [5, 5.41) is 7.60. The average molecular weight is 263 g/mol. The Hall–Kier alpha value is -1.88. The number of nitrogens with zero attached hydrogens (tertiary/aromatic N) is 1. The molecule has 0 aliphatic rings. The summed E-state index contributed by atoms with van der Waals surface area (Å²) in [6.45, 7) is 6.12. The molecule has 1 aromatic rings. The van der Waals surface area contributed by atoms with Crippen molar-refractivity contribution in [1.82, 2.24) is 10.7 Å². The molecule has 0 unspecified atom stereocenters. The first-order chi connectivity index (χ1) is 8.67. The largest absolute Gasteiger partial charge is 0.497 e. The van der Waals surface area contributed by atoms with Gasteiger partial charge in [0.15, 0.2) is 5.11 Å². The van der Waals surface area contributed by atoms with Crippen molar-refractivity contribution in [3.8, 4) is 5.75 Å². The van der Waals surface area contributed by atoms with Gasteiger partial charge in [-0.15, -0.1) is 6.58 Å². The minimum Gasteiger partial charge on any atom is -0.497 e. The summed E-state index contributed by atoms with van der Waals surface area (Å²) in [5.41, 5.74) is 4.63. The van der Waals surface area contributed by atoms with Gasteiger partial charge in [-0.3, -0.25) is 5.43 Å². The van der Waals surface area contributed by atoms with Gasteiger partial charge in [0.25, 0.3) is 0 Å². The van der Waals surface area contributed by atoms with Gasteiger partial charge in [0.2, 0.25) is 0 Å². The van der Waals surface area contributed by atoms with Crippen molar-refractivity contribution in [2.45, 2.75) is 6.92 Å². The molecule has 5 heteroatoms. The van der Waals surface area contributed by atoms with Gasteiger partial charge >= 0.3 is 0 Å². The van der Waals surface area contributed by atoms with E-state index in [2.05, 4.69) is 22.4 Å². The Balaban J connectivity index is 2.59. The van der Waals surface area contributed by atoms with Crippen LogP contribution in [0, 0.1) is 0 Å². The van der Waals surface area contributed by atoms with Crippen LogP contribution < -0.4 is 15.5 Å². The molecule has 4 nitrogen and oxygen atoms in total. The van der Waals surface area contributed by atoms with E-state index in [4.69, 9.17) is 17.0 Å². The molecule has 0 saturated carbocycles. The molecule has 0 amide bonds. The standard InChI is InChI=1S/C13H17N3OS/c1-4-9-14-13(18)16-15-10(2)11-5-7-12(17-3)8-6-11/h4-8H,1,9H2,2-3H3,(H2,14,16,18). The highest BCUT2D eigenvalue weighted by Crippen LogP contribution is 2.11. The topological polar surface area (TPSA) is 45.7 Å². The fraction of sp³-hybridized carbons (Fsp3) is 0.231. The molecule has 18 heavy (non-hydrogen) atoms. The fourth-order valence-corrected chi connectivity index (χ4v) is 1.36. The highest BCUT2D eigenvalue weighted by atomic mass is 32.1. The molecule has 0 radical (unpaired) electrons. The van der Waals surface area contributed by atoms with Gasteiger partial charge in [-0.1, -0.05) is 6.08 Å². The fourth-order valence-electron chi connectivity index (χ4n) is 1.24. The van der Waals surface area contributed by atoms with E-state index >= 15 is 0 Å². The third-order valence-corrected chi connectivity index (χ3v) is 2.48. The minimum absolute atomic E-state index is 0.475. The van der Waals surface area contributed by atoms with Crippen LogP contribution in [0.5, 0.6) is 5.75 Å². The van der Waals surface area contributed by atoms with Crippen LogP contribution >= 0.6 is 12.2 Å². The van der Waals surface area contributed by atoms with E-state index in [1.54, 1.807) is 13.2 Å². The SMILES string of the molecule is C=CCNC(=S)NN=C(C)c1ccc(OC)cc1. The van der Waals surface area contributed by atoms with E-state index in [9.17, 15) is 0 Å². The minimum atomic E-state index is 0.475. The number of ether oxygens (including phenoxy) is 1. The molecule has 0 aromatic heterocycles. The molecular formula is C13H17N3OS. The number of hydrogen-bond acceptors (Lipinski definition) is 3. The zero-order chi connectivity index (χ0) is 13.4. The van der Waals surface area contributed by atoms with Gasteiger partial charge in [0.05, 0.1) is 12.8 Å². The Labute approximate surface area is 113 Å². The number of thiocarbonyl (C=S) groups is 1. The van der Waals surface area contributed by atoms with E-state index in [0.717, 1.165) is 17.0 Å². The summed E-state index contributed by atoms with van der Waals surface area (Å²) in [7, 11) is 1.64. The van der Waals surface area contributed by atoms with Crippen LogP contribution in [0.2, 0.25) is 0 Å². The van der Waals surface area contributed by atoms with Crippen molar-refractivity contribution < 1.29 is 4.74 Å². The first-order valence-electron chi connectivity index (χ1n) is 5.51. The maximum absolute atomic E-state index is 5.10. The molecule has 1 rings (SSSR count). The van der Waals surface area contributed by atoms with Gasteiger partial charge in [-0.25, -0.2) is 0 Å². The molecular weight excluding hydrogens is 246 g/mol. The van der Waals surface area contributed by atoms with Gasteiger partial charge in [0, 0.05) is 6.54 Å². The maximum Gasteiger partial charge on any atom is 0.187 e. The lowest BCUT2D eigenvalue weighted by Crippen LogP contribution is -2.32. The highest BCUT2D eigenvalue weighted by Gasteiger charge is 1.98.